The Morgan fingerprint density at radius 1 is 1.57 bits per heavy atom. The minimum atomic E-state index is 0.397. The zero-order valence-electron chi connectivity index (χ0n) is 4.13. The monoisotopic (exact) mass is 99.1 g/mol. The Kier molecular flexibility index (Phi) is 0.557. The van der Waals surface area contributed by atoms with Gasteiger partial charge >= 0.3 is 0 Å². The van der Waals surface area contributed by atoms with Gasteiger partial charge in [-0.2, -0.15) is 0 Å². The quantitative estimate of drug-likeness (QED) is 0.454. The highest BCUT2D eigenvalue weighted by Crippen LogP contribution is 2.40. The van der Waals surface area contributed by atoms with E-state index in [0.717, 1.165) is 12.5 Å². The predicted molar refractivity (Wildman–Crippen MR) is 25.8 cm³/mol. The first-order valence-electron chi connectivity index (χ1n) is 2.77. The van der Waals surface area contributed by atoms with Crippen LogP contribution in [0.15, 0.2) is 0 Å². The van der Waals surface area contributed by atoms with Crippen LogP contribution in [0.2, 0.25) is 0 Å². The zero-order valence-corrected chi connectivity index (χ0v) is 4.13. The largest absolute Gasteiger partial charge is 0.376 e. The van der Waals surface area contributed by atoms with Gasteiger partial charge in [-0.1, -0.05) is 0 Å². The van der Waals surface area contributed by atoms with Crippen molar-refractivity contribution in [3.8, 4) is 0 Å². The third kappa shape index (κ3) is 0.359. The second-order valence-electron chi connectivity index (χ2n) is 2.37. The van der Waals surface area contributed by atoms with Crippen LogP contribution in [0.25, 0.3) is 0 Å². The van der Waals surface area contributed by atoms with Crippen LogP contribution in [0.3, 0.4) is 0 Å². The molecule has 1 saturated heterocycles. The molecule has 0 unspecified atom stereocenters. The Morgan fingerprint density at radius 3 is 2.71 bits per heavy atom. The molecule has 2 rings (SSSR count). The van der Waals surface area contributed by atoms with Gasteiger partial charge in [-0.3, -0.25) is 0 Å². The number of hydrogen-bond donors (Lipinski definition) is 1. The topological polar surface area (TPSA) is 35.2 Å². The fourth-order valence-electron chi connectivity index (χ4n) is 1.30. The molecule has 0 spiro atoms. The molecular weight excluding hydrogens is 90.1 g/mol. The van der Waals surface area contributed by atoms with Gasteiger partial charge < -0.3 is 10.5 Å². The lowest BCUT2D eigenvalue weighted by molar-refractivity contribution is 0.150. The van der Waals surface area contributed by atoms with Gasteiger partial charge in [0.25, 0.3) is 0 Å². The van der Waals surface area contributed by atoms with Gasteiger partial charge in [0.15, 0.2) is 0 Å². The molecule has 2 nitrogen and oxygen atoms in total. The van der Waals surface area contributed by atoms with Crippen molar-refractivity contribution >= 4 is 0 Å². The molecule has 2 N–H and O–H groups in total. The second-order valence-corrected chi connectivity index (χ2v) is 2.37. The smallest absolute Gasteiger partial charge is 0.0774 e. The van der Waals surface area contributed by atoms with E-state index >= 15 is 0 Å². The summed E-state index contributed by atoms with van der Waals surface area (Å²) in [6.07, 6.45) is 1.66. The first-order valence-corrected chi connectivity index (χ1v) is 2.77. The van der Waals surface area contributed by atoms with E-state index in [1.165, 1.54) is 6.42 Å². The molecule has 1 heterocycles. The molecule has 40 valence electrons. The third-order valence-corrected chi connectivity index (χ3v) is 1.92. The molecular formula is C5H9NO. The van der Waals surface area contributed by atoms with Crippen molar-refractivity contribution in [2.75, 3.05) is 6.61 Å². The fraction of sp³-hybridized carbons (Fsp3) is 1.00. The van der Waals surface area contributed by atoms with Crippen molar-refractivity contribution in [2.45, 2.75) is 18.6 Å². The van der Waals surface area contributed by atoms with Crippen molar-refractivity contribution in [2.24, 2.45) is 11.7 Å². The fourth-order valence-corrected chi connectivity index (χ4v) is 1.30. The Labute approximate surface area is 42.6 Å². The molecule has 1 saturated carbocycles. The van der Waals surface area contributed by atoms with E-state index in [4.69, 9.17) is 10.5 Å². The molecule has 2 aliphatic rings. The van der Waals surface area contributed by atoms with Crippen LogP contribution in [-0.4, -0.2) is 18.8 Å². The van der Waals surface area contributed by atoms with E-state index in [0.29, 0.717) is 12.1 Å². The molecule has 3 atom stereocenters. The Balaban J connectivity index is 2.06. The molecule has 1 aliphatic heterocycles. The highest BCUT2D eigenvalue weighted by atomic mass is 16.5. The summed E-state index contributed by atoms with van der Waals surface area (Å²) in [5, 5.41) is 0. The molecule has 0 bridgehead atoms. The van der Waals surface area contributed by atoms with Crippen LogP contribution in [0.1, 0.15) is 6.42 Å². The first-order chi connectivity index (χ1) is 3.39. The lowest BCUT2D eigenvalue weighted by atomic mass is 10.3. The van der Waals surface area contributed by atoms with Crippen LogP contribution < -0.4 is 5.73 Å². The maximum atomic E-state index is 5.55. The van der Waals surface area contributed by atoms with Crippen molar-refractivity contribution in [1.82, 2.24) is 0 Å². The van der Waals surface area contributed by atoms with E-state index < -0.39 is 0 Å². The molecule has 7 heavy (non-hydrogen) atoms. The Bertz CT molecular complexity index is 84.1. The van der Waals surface area contributed by atoms with E-state index in [1.54, 1.807) is 0 Å². The highest BCUT2D eigenvalue weighted by molar-refractivity contribution is 5.05. The zero-order chi connectivity index (χ0) is 4.85. The molecule has 2 heteroatoms. The average Bonchev–Trinajstić information content (AvgIpc) is 2.26. The maximum absolute atomic E-state index is 5.55. The molecule has 2 fully saturated rings. The predicted octanol–water partition coefficient (Wildman–Crippen LogP) is -0.268. The number of ether oxygens (including phenoxy) is 1. The van der Waals surface area contributed by atoms with Crippen molar-refractivity contribution in [3.05, 3.63) is 0 Å². The van der Waals surface area contributed by atoms with Crippen LogP contribution in [0.4, 0.5) is 0 Å². The normalized spacial score (nSPS) is 57.0. The summed E-state index contributed by atoms with van der Waals surface area (Å²) in [6.45, 7) is 0.947. The van der Waals surface area contributed by atoms with E-state index in [9.17, 15) is 0 Å². The lowest BCUT2D eigenvalue weighted by Gasteiger charge is -1.93. The minimum absolute atomic E-state index is 0.397. The average molecular weight is 99.1 g/mol. The summed E-state index contributed by atoms with van der Waals surface area (Å²) >= 11 is 0. The second kappa shape index (κ2) is 1.01. The Morgan fingerprint density at radius 2 is 2.43 bits per heavy atom. The lowest BCUT2D eigenvalue weighted by Crippen LogP contribution is -2.10. The first kappa shape index (κ1) is 3.87. The molecule has 0 amide bonds. The summed E-state index contributed by atoms with van der Waals surface area (Å²) in [5.74, 6) is 0.736. The number of rotatable bonds is 0. The maximum Gasteiger partial charge on any atom is 0.0774 e. The Hall–Kier alpha value is -0.0800. The van der Waals surface area contributed by atoms with Gasteiger partial charge in [0.1, 0.15) is 0 Å². The van der Waals surface area contributed by atoms with Crippen molar-refractivity contribution in [3.63, 3.8) is 0 Å². The third-order valence-electron chi connectivity index (χ3n) is 1.92. The highest BCUT2D eigenvalue weighted by Gasteiger charge is 2.52. The molecule has 0 aromatic heterocycles. The SMILES string of the molecule is N[C@@H]1[C@H]2CCO[C@H]12. The standard InChI is InChI=1S/C5H9NO/c6-4-3-1-2-7-5(3)4/h3-5H,1-2,6H2/t3-,4-,5+/m1/s1. The van der Waals surface area contributed by atoms with E-state index in [1.807, 2.05) is 0 Å². The van der Waals surface area contributed by atoms with Crippen molar-refractivity contribution in [1.29, 1.82) is 0 Å². The number of hydrogen-bond acceptors (Lipinski definition) is 2. The summed E-state index contributed by atoms with van der Waals surface area (Å²) in [4.78, 5) is 0. The van der Waals surface area contributed by atoms with Gasteiger partial charge in [0, 0.05) is 18.6 Å². The van der Waals surface area contributed by atoms with Crippen LogP contribution in [0, 0.1) is 5.92 Å². The summed E-state index contributed by atoms with van der Waals surface area (Å²) in [7, 11) is 0. The van der Waals surface area contributed by atoms with Gasteiger partial charge in [0.2, 0.25) is 0 Å². The summed E-state index contributed by atoms with van der Waals surface area (Å²) < 4.78 is 5.21. The molecule has 0 radical (unpaired) electrons. The van der Waals surface area contributed by atoms with Crippen LogP contribution in [0.5, 0.6) is 0 Å². The number of nitrogens with two attached hydrogens (primary N) is 1. The molecule has 0 aromatic rings. The van der Waals surface area contributed by atoms with Gasteiger partial charge in [-0.25, -0.2) is 0 Å². The van der Waals surface area contributed by atoms with Gasteiger partial charge in [-0.05, 0) is 6.42 Å². The van der Waals surface area contributed by atoms with E-state index in [2.05, 4.69) is 0 Å². The molecule has 0 aromatic carbocycles. The van der Waals surface area contributed by atoms with Gasteiger partial charge in [0.05, 0.1) is 6.10 Å². The van der Waals surface area contributed by atoms with E-state index in [-0.39, 0.29) is 0 Å². The van der Waals surface area contributed by atoms with Crippen molar-refractivity contribution < 1.29 is 4.74 Å². The van der Waals surface area contributed by atoms with Crippen LogP contribution in [-0.2, 0) is 4.74 Å². The summed E-state index contributed by atoms with van der Waals surface area (Å²) in [6, 6.07) is 0.397. The number of fused-ring (bicyclic) bond motifs is 1. The van der Waals surface area contributed by atoms with Crippen LogP contribution >= 0.6 is 0 Å². The summed E-state index contributed by atoms with van der Waals surface area (Å²) in [5.41, 5.74) is 5.55. The molecule has 1 aliphatic carbocycles. The van der Waals surface area contributed by atoms with Gasteiger partial charge in [-0.15, -0.1) is 0 Å². The minimum Gasteiger partial charge on any atom is -0.376 e.